The fourth-order valence-electron chi connectivity index (χ4n) is 6.23. The van der Waals surface area contributed by atoms with E-state index in [4.69, 9.17) is 9.47 Å². The third-order valence-electron chi connectivity index (χ3n) is 7.96. The Morgan fingerprint density at radius 3 is 2.08 bits per heavy atom. The second-order valence-corrected chi connectivity index (χ2v) is 9.78. The first-order valence-electron chi connectivity index (χ1n) is 11.8. The SMILES string of the molecule is COc1ccc(C(=O)COc2ccc(N3C(=O)[C@@H]4[C@H](C3=O)[C@@H]3C=C[C@H]4C4CC43)c(C(F)(F)F)c2)cc1. The molecule has 1 aliphatic heterocycles. The lowest BCUT2D eigenvalue weighted by atomic mass is 9.63. The number of ether oxygens (including phenoxy) is 2. The van der Waals surface area contributed by atoms with Gasteiger partial charge in [0.15, 0.2) is 12.4 Å². The summed E-state index contributed by atoms with van der Waals surface area (Å²) in [6, 6.07) is 9.32. The van der Waals surface area contributed by atoms with Gasteiger partial charge in [-0.2, -0.15) is 13.2 Å². The van der Waals surface area contributed by atoms with Crippen LogP contribution in [0.25, 0.3) is 0 Å². The summed E-state index contributed by atoms with van der Waals surface area (Å²) in [6.45, 7) is -0.480. The van der Waals surface area contributed by atoms with Crippen LogP contribution in [0.2, 0.25) is 0 Å². The van der Waals surface area contributed by atoms with E-state index >= 15 is 0 Å². The summed E-state index contributed by atoms with van der Waals surface area (Å²) in [4.78, 5) is 39.7. The van der Waals surface area contributed by atoms with Gasteiger partial charge in [-0.3, -0.25) is 14.4 Å². The highest BCUT2D eigenvalue weighted by molar-refractivity contribution is 6.23. The quantitative estimate of drug-likeness (QED) is 0.333. The predicted octanol–water partition coefficient (Wildman–Crippen LogP) is 4.53. The maximum Gasteiger partial charge on any atom is 0.418 e. The number of imide groups is 1. The highest BCUT2D eigenvalue weighted by Crippen LogP contribution is 2.65. The Morgan fingerprint density at radius 2 is 1.53 bits per heavy atom. The van der Waals surface area contributed by atoms with E-state index in [2.05, 4.69) is 0 Å². The summed E-state index contributed by atoms with van der Waals surface area (Å²) in [5.74, 6) is -1.88. The number of benzene rings is 2. The normalized spacial score (nSPS) is 29.7. The number of Topliss-reactive ketones (excluding diaryl/α,β-unsaturated/α-hetero) is 1. The molecule has 0 radical (unpaired) electrons. The molecule has 1 heterocycles. The molecule has 5 aliphatic rings. The molecule has 0 N–H and O–H groups in total. The van der Waals surface area contributed by atoms with Gasteiger partial charge in [0.2, 0.25) is 11.8 Å². The second kappa shape index (κ2) is 7.94. The van der Waals surface area contributed by atoms with Gasteiger partial charge in [0.05, 0.1) is 30.2 Å². The summed E-state index contributed by atoms with van der Waals surface area (Å²) in [6.07, 6.45) is 0.0552. The minimum atomic E-state index is -4.84. The Balaban J connectivity index is 1.26. The first-order valence-corrected chi connectivity index (χ1v) is 11.8. The average molecular weight is 497 g/mol. The Labute approximate surface area is 204 Å². The number of anilines is 1. The van der Waals surface area contributed by atoms with Crippen molar-refractivity contribution in [1.29, 1.82) is 0 Å². The molecule has 0 aromatic heterocycles. The number of amides is 2. The number of carbonyl (C=O) groups is 3. The van der Waals surface area contributed by atoms with Crippen LogP contribution in [0.5, 0.6) is 11.5 Å². The van der Waals surface area contributed by atoms with Gasteiger partial charge in [-0.25, -0.2) is 4.90 Å². The topological polar surface area (TPSA) is 72.9 Å². The van der Waals surface area contributed by atoms with Crippen LogP contribution in [0.15, 0.2) is 54.6 Å². The van der Waals surface area contributed by atoms with Gasteiger partial charge >= 0.3 is 6.18 Å². The van der Waals surface area contributed by atoms with Crippen LogP contribution < -0.4 is 14.4 Å². The standard InChI is InChI=1S/C27H22F3NO5/c1-35-14-4-2-13(3-5-14)22(32)12-36-15-6-9-21(20(10-15)27(28,29)30)31-25(33)23-16-7-8-17(19-11-18(16)19)24(23)26(31)34/h2-10,16-19,23-24H,11-12H2,1H3/t16-,17+,18?,19?,23-,24+. The number of halogens is 3. The Hall–Kier alpha value is -3.62. The van der Waals surface area contributed by atoms with Crippen molar-refractivity contribution < 1.29 is 37.0 Å². The fourth-order valence-corrected chi connectivity index (χ4v) is 6.23. The minimum absolute atomic E-state index is 0.0904. The van der Waals surface area contributed by atoms with Crippen LogP contribution in [0.4, 0.5) is 18.9 Å². The maximum atomic E-state index is 14.1. The molecule has 6 atom stereocenters. The molecule has 0 spiro atoms. The molecule has 1 saturated heterocycles. The van der Waals surface area contributed by atoms with Gasteiger partial charge in [0.1, 0.15) is 11.5 Å². The van der Waals surface area contributed by atoms with Crippen LogP contribution in [-0.4, -0.2) is 31.3 Å². The number of hydrogen-bond acceptors (Lipinski definition) is 5. The molecule has 6 nitrogen and oxygen atoms in total. The van der Waals surface area contributed by atoms with Crippen molar-refractivity contribution in [3.63, 3.8) is 0 Å². The van der Waals surface area contributed by atoms with Crippen LogP contribution in [-0.2, 0) is 15.8 Å². The van der Waals surface area contributed by atoms with Gasteiger partial charge in [0, 0.05) is 5.56 Å². The third kappa shape index (κ3) is 3.43. The molecule has 2 aromatic rings. The van der Waals surface area contributed by atoms with Crippen molar-refractivity contribution in [3.8, 4) is 11.5 Å². The van der Waals surface area contributed by atoms with E-state index in [-0.39, 0.29) is 17.6 Å². The number of hydrogen-bond donors (Lipinski definition) is 0. The molecule has 4 aliphatic carbocycles. The summed E-state index contributed by atoms with van der Waals surface area (Å²) in [7, 11) is 1.49. The van der Waals surface area contributed by atoms with Crippen LogP contribution in [0.3, 0.4) is 0 Å². The van der Waals surface area contributed by atoms with Crippen molar-refractivity contribution in [2.75, 3.05) is 18.6 Å². The Bertz CT molecular complexity index is 1270. The first kappa shape index (κ1) is 22.8. The number of nitrogens with zero attached hydrogens (tertiary/aromatic N) is 1. The zero-order chi connectivity index (χ0) is 25.4. The van der Waals surface area contributed by atoms with E-state index in [1.54, 1.807) is 12.1 Å². The second-order valence-electron chi connectivity index (χ2n) is 9.78. The zero-order valence-electron chi connectivity index (χ0n) is 19.2. The Morgan fingerprint density at radius 1 is 0.944 bits per heavy atom. The summed E-state index contributed by atoms with van der Waals surface area (Å²) >= 11 is 0. The number of rotatable bonds is 6. The number of allylic oxidation sites excluding steroid dienone is 2. The van der Waals surface area contributed by atoms with Crippen molar-refractivity contribution >= 4 is 23.3 Å². The van der Waals surface area contributed by atoms with Crippen molar-refractivity contribution in [3.05, 3.63) is 65.7 Å². The van der Waals surface area contributed by atoms with E-state index in [1.165, 1.54) is 25.3 Å². The average Bonchev–Trinajstić information content (AvgIpc) is 3.65. The molecule has 2 aromatic carbocycles. The number of methoxy groups -OCH3 is 1. The van der Waals surface area contributed by atoms with E-state index in [0.717, 1.165) is 23.5 Å². The fraction of sp³-hybridized carbons (Fsp3) is 0.370. The van der Waals surface area contributed by atoms with Crippen molar-refractivity contribution in [2.45, 2.75) is 12.6 Å². The van der Waals surface area contributed by atoms with Crippen molar-refractivity contribution in [2.24, 2.45) is 35.5 Å². The number of ketones is 1. The molecule has 36 heavy (non-hydrogen) atoms. The van der Waals surface area contributed by atoms with Gasteiger partial charge in [-0.15, -0.1) is 0 Å². The van der Waals surface area contributed by atoms with Gasteiger partial charge in [-0.1, -0.05) is 12.2 Å². The van der Waals surface area contributed by atoms with Crippen LogP contribution in [0.1, 0.15) is 22.3 Å². The van der Waals surface area contributed by atoms with E-state index in [9.17, 15) is 27.6 Å². The molecule has 2 saturated carbocycles. The van der Waals surface area contributed by atoms with Gasteiger partial charge in [0.25, 0.3) is 0 Å². The smallest absolute Gasteiger partial charge is 0.418 e. The minimum Gasteiger partial charge on any atom is -0.497 e. The van der Waals surface area contributed by atoms with Crippen molar-refractivity contribution in [1.82, 2.24) is 0 Å². The maximum absolute atomic E-state index is 14.1. The monoisotopic (exact) mass is 497 g/mol. The molecule has 7 rings (SSSR count). The zero-order valence-corrected chi connectivity index (χ0v) is 19.2. The lowest BCUT2D eigenvalue weighted by molar-refractivity contribution is -0.137. The van der Waals surface area contributed by atoms with Crippen LogP contribution in [0, 0.1) is 35.5 Å². The van der Waals surface area contributed by atoms with Gasteiger partial charge in [-0.05, 0) is 72.6 Å². The predicted molar refractivity (Wildman–Crippen MR) is 121 cm³/mol. The molecule has 2 amide bonds. The molecular formula is C27H22F3NO5. The number of alkyl halides is 3. The molecular weight excluding hydrogens is 475 g/mol. The Kier molecular flexibility index (Phi) is 5.04. The first-order chi connectivity index (χ1) is 17.2. The third-order valence-corrected chi connectivity index (χ3v) is 7.96. The molecule has 2 bridgehead atoms. The van der Waals surface area contributed by atoms with Gasteiger partial charge < -0.3 is 9.47 Å². The molecule has 9 heteroatoms. The van der Waals surface area contributed by atoms with Crippen LogP contribution >= 0.6 is 0 Å². The van der Waals surface area contributed by atoms with E-state index in [0.29, 0.717) is 23.1 Å². The molecule has 3 fully saturated rings. The summed E-state index contributed by atoms with van der Waals surface area (Å²) in [5.41, 5.74) is -1.32. The summed E-state index contributed by atoms with van der Waals surface area (Å²) in [5, 5.41) is 0. The largest absolute Gasteiger partial charge is 0.497 e. The highest BCUT2D eigenvalue weighted by Gasteiger charge is 2.67. The molecule has 2 unspecified atom stereocenters. The van der Waals surface area contributed by atoms with E-state index < -0.39 is 53.5 Å². The van der Waals surface area contributed by atoms with E-state index in [1.807, 2.05) is 12.2 Å². The summed E-state index contributed by atoms with van der Waals surface area (Å²) < 4.78 is 52.6. The highest BCUT2D eigenvalue weighted by atomic mass is 19.4. The lowest BCUT2D eigenvalue weighted by Crippen LogP contribution is -2.40. The lowest BCUT2D eigenvalue weighted by Gasteiger charge is -2.37. The number of carbonyl (C=O) groups excluding carboxylic acids is 3. The molecule has 186 valence electrons.